The molecule has 1 aromatic carbocycles. The van der Waals surface area contributed by atoms with E-state index in [0.29, 0.717) is 13.2 Å². The molecule has 84 valence electrons. The highest BCUT2D eigenvalue weighted by molar-refractivity contribution is 5.82. The number of hydrogen-bond acceptors (Lipinski definition) is 3. The zero-order valence-electron chi connectivity index (χ0n) is 9.26. The molecule has 16 heavy (non-hydrogen) atoms. The predicted molar refractivity (Wildman–Crippen MR) is 63.2 cm³/mol. The first-order valence-corrected chi connectivity index (χ1v) is 5.42. The number of rotatable bonds is 4. The summed E-state index contributed by atoms with van der Waals surface area (Å²) in [6, 6.07) is 9.59. The average Bonchev–Trinajstić information content (AvgIpc) is 2.35. The maximum atomic E-state index is 10.00. The molecule has 0 saturated carbocycles. The lowest BCUT2D eigenvalue weighted by Crippen LogP contribution is -2.07. The van der Waals surface area contributed by atoms with Crippen molar-refractivity contribution in [3.63, 3.8) is 0 Å². The normalized spacial score (nSPS) is 12.9. The minimum atomic E-state index is -0.590. The van der Waals surface area contributed by atoms with Crippen molar-refractivity contribution in [2.75, 3.05) is 13.2 Å². The minimum Gasteiger partial charge on any atom is -0.386 e. The fourth-order valence-electron chi connectivity index (χ4n) is 1.74. The molecule has 3 heteroatoms. The zero-order chi connectivity index (χ0) is 11.4. The molecule has 1 aromatic heterocycles. The van der Waals surface area contributed by atoms with Crippen molar-refractivity contribution in [1.82, 2.24) is 4.98 Å². The van der Waals surface area contributed by atoms with Crippen LogP contribution in [0.4, 0.5) is 0 Å². The van der Waals surface area contributed by atoms with Crippen LogP contribution in [-0.2, 0) is 4.74 Å². The number of aliphatic hydroxyl groups excluding tert-OH is 1. The molecule has 0 radical (unpaired) electrons. The third-order valence-electron chi connectivity index (χ3n) is 2.52. The van der Waals surface area contributed by atoms with Gasteiger partial charge in [-0.1, -0.05) is 18.2 Å². The molecule has 0 saturated heterocycles. The van der Waals surface area contributed by atoms with Gasteiger partial charge in [0, 0.05) is 18.2 Å². The van der Waals surface area contributed by atoms with E-state index in [-0.39, 0.29) is 0 Å². The van der Waals surface area contributed by atoms with Crippen LogP contribution in [0.2, 0.25) is 0 Å². The molecule has 2 rings (SSSR count). The van der Waals surface area contributed by atoms with E-state index in [9.17, 15) is 5.11 Å². The largest absolute Gasteiger partial charge is 0.386 e. The second-order valence-electron chi connectivity index (χ2n) is 3.59. The lowest BCUT2D eigenvalue weighted by Gasteiger charge is -2.13. The zero-order valence-corrected chi connectivity index (χ0v) is 9.26. The number of aliphatic hydroxyl groups is 1. The van der Waals surface area contributed by atoms with Crippen LogP contribution in [0.3, 0.4) is 0 Å². The van der Waals surface area contributed by atoms with E-state index in [1.54, 1.807) is 6.20 Å². The number of ether oxygens (including phenoxy) is 1. The minimum absolute atomic E-state index is 0.324. The summed E-state index contributed by atoms with van der Waals surface area (Å²) in [6.45, 7) is 2.85. The first kappa shape index (κ1) is 11.0. The fourth-order valence-corrected chi connectivity index (χ4v) is 1.74. The SMILES string of the molecule is CCOCC(O)c1cccc2ncccc12. The predicted octanol–water partition coefficient (Wildman–Crippen LogP) is 2.30. The van der Waals surface area contributed by atoms with Crippen molar-refractivity contribution in [3.8, 4) is 0 Å². The second kappa shape index (κ2) is 5.05. The van der Waals surface area contributed by atoms with Crippen LogP contribution >= 0.6 is 0 Å². The van der Waals surface area contributed by atoms with E-state index < -0.39 is 6.10 Å². The lowest BCUT2D eigenvalue weighted by atomic mass is 10.0. The summed E-state index contributed by atoms with van der Waals surface area (Å²) < 4.78 is 5.23. The van der Waals surface area contributed by atoms with Crippen LogP contribution < -0.4 is 0 Å². The van der Waals surface area contributed by atoms with Crippen LogP contribution in [0.15, 0.2) is 36.5 Å². The Kier molecular flexibility index (Phi) is 3.49. The Morgan fingerprint density at radius 2 is 2.19 bits per heavy atom. The second-order valence-corrected chi connectivity index (χ2v) is 3.59. The Labute approximate surface area is 94.7 Å². The molecule has 2 aromatic rings. The molecular weight excluding hydrogens is 202 g/mol. The van der Waals surface area contributed by atoms with E-state index in [1.165, 1.54) is 0 Å². The number of hydrogen-bond donors (Lipinski definition) is 1. The standard InChI is InChI=1S/C13H15NO2/c1-2-16-9-13(15)11-5-3-7-12-10(11)6-4-8-14-12/h3-8,13,15H,2,9H2,1H3. The number of nitrogens with zero attached hydrogens (tertiary/aromatic N) is 1. The molecule has 0 fully saturated rings. The number of fused-ring (bicyclic) bond motifs is 1. The van der Waals surface area contributed by atoms with Gasteiger partial charge in [-0.3, -0.25) is 4.98 Å². The van der Waals surface area contributed by atoms with Crippen LogP contribution in [0.1, 0.15) is 18.6 Å². The van der Waals surface area contributed by atoms with Crippen molar-refractivity contribution in [3.05, 3.63) is 42.1 Å². The van der Waals surface area contributed by atoms with Gasteiger partial charge in [0.1, 0.15) is 6.10 Å². The molecule has 0 amide bonds. The Morgan fingerprint density at radius 3 is 3.00 bits per heavy atom. The molecule has 1 N–H and O–H groups in total. The highest BCUT2D eigenvalue weighted by atomic mass is 16.5. The fraction of sp³-hybridized carbons (Fsp3) is 0.308. The van der Waals surface area contributed by atoms with E-state index in [2.05, 4.69) is 4.98 Å². The van der Waals surface area contributed by atoms with Crippen molar-refractivity contribution >= 4 is 10.9 Å². The summed E-state index contributed by atoms with van der Waals surface area (Å²) in [5.74, 6) is 0. The van der Waals surface area contributed by atoms with Crippen LogP contribution in [0.5, 0.6) is 0 Å². The summed E-state index contributed by atoms with van der Waals surface area (Å²) >= 11 is 0. The van der Waals surface area contributed by atoms with Crippen molar-refractivity contribution in [2.45, 2.75) is 13.0 Å². The van der Waals surface area contributed by atoms with Crippen molar-refractivity contribution in [1.29, 1.82) is 0 Å². The quantitative estimate of drug-likeness (QED) is 0.854. The molecule has 0 spiro atoms. The monoisotopic (exact) mass is 217 g/mol. The summed E-state index contributed by atoms with van der Waals surface area (Å²) in [5, 5.41) is 11.0. The van der Waals surface area contributed by atoms with Gasteiger partial charge in [-0.05, 0) is 24.6 Å². The molecule has 0 aliphatic heterocycles. The Bertz CT molecular complexity index is 465. The average molecular weight is 217 g/mol. The van der Waals surface area contributed by atoms with E-state index in [0.717, 1.165) is 16.5 Å². The first-order valence-electron chi connectivity index (χ1n) is 5.42. The molecule has 1 atom stereocenters. The highest BCUT2D eigenvalue weighted by Crippen LogP contribution is 2.22. The topological polar surface area (TPSA) is 42.4 Å². The third kappa shape index (κ3) is 2.21. The van der Waals surface area contributed by atoms with E-state index >= 15 is 0 Å². The number of pyridine rings is 1. The van der Waals surface area contributed by atoms with Gasteiger partial charge in [-0.25, -0.2) is 0 Å². The summed E-state index contributed by atoms with van der Waals surface area (Å²) in [6.07, 6.45) is 1.16. The summed E-state index contributed by atoms with van der Waals surface area (Å²) in [4.78, 5) is 4.25. The molecular formula is C13H15NO2. The third-order valence-corrected chi connectivity index (χ3v) is 2.52. The smallest absolute Gasteiger partial charge is 0.103 e. The summed E-state index contributed by atoms with van der Waals surface area (Å²) in [5.41, 5.74) is 1.77. The van der Waals surface area contributed by atoms with Crippen LogP contribution in [0, 0.1) is 0 Å². The van der Waals surface area contributed by atoms with Crippen LogP contribution in [0.25, 0.3) is 10.9 Å². The van der Waals surface area contributed by atoms with Crippen LogP contribution in [-0.4, -0.2) is 23.3 Å². The van der Waals surface area contributed by atoms with Gasteiger partial charge < -0.3 is 9.84 Å². The van der Waals surface area contributed by atoms with Gasteiger partial charge in [-0.2, -0.15) is 0 Å². The van der Waals surface area contributed by atoms with Crippen molar-refractivity contribution in [2.24, 2.45) is 0 Å². The lowest BCUT2D eigenvalue weighted by molar-refractivity contribution is 0.0428. The molecule has 0 bridgehead atoms. The first-order chi connectivity index (χ1) is 7.83. The van der Waals surface area contributed by atoms with E-state index in [4.69, 9.17) is 4.74 Å². The maximum absolute atomic E-state index is 10.00. The Morgan fingerprint density at radius 1 is 1.31 bits per heavy atom. The van der Waals surface area contributed by atoms with Gasteiger partial charge in [0.15, 0.2) is 0 Å². The van der Waals surface area contributed by atoms with E-state index in [1.807, 2.05) is 37.3 Å². The van der Waals surface area contributed by atoms with Gasteiger partial charge in [0.2, 0.25) is 0 Å². The maximum Gasteiger partial charge on any atom is 0.103 e. The van der Waals surface area contributed by atoms with Gasteiger partial charge in [0.25, 0.3) is 0 Å². The summed E-state index contributed by atoms with van der Waals surface area (Å²) in [7, 11) is 0. The van der Waals surface area contributed by atoms with Gasteiger partial charge in [-0.15, -0.1) is 0 Å². The highest BCUT2D eigenvalue weighted by Gasteiger charge is 2.10. The van der Waals surface area contributed by atoms with Crippen molar-refractivity contribution < 1.29 is 9.84 Å². The number of aromatic nitrogens is 1. The molecule has 0 aliphatic carbocycles. The Hall–Kier alpha value is -1.45. The number of benzene rings is 1. The van der Waals surface area contributed by atoms with Gasteiger partial charge in [0.05, 0.1) is 12.1 Å². The molecule has 3 nitrogen and oxygen atoms in total. The molecule has 0 aliphatic rings. The molecule has 1 heterocycles. The van der Waals surface area contributed by atoms with Gasteiger partial charge >= 0.3 is 0 Å². The molecule has 1 unspecified atom stereocenters. The Balaban J connectivity index is 2.36.